The number of amides is 1. The third kappa shape index (κ3) is 5.34. The van der Waals surface area contributed by atoms with Gasteiger partial charge in [-0.3, -0.25) is 4.79 Å². The molecule has 0 bridgehead atoms. The molecule has 0 saturated carbocycles. The van der Waals surface area contributed by atoms with Gasteiger partial charge in [-0.15, -0.1) is 0 Å². The molecule has 5 nitrogen and oxygen atoms in total. The van der Waals surface area contributed by atoms with E-state index in [1.807, 2.05) is 0 Å². The summed E-state index contributed by atoms with van der Waals surface area (Å²) in [7, 11) is -3.17. The van der Waals surface area contributed by atoms with Gasteiger partial charge in [0, 0.05) is 12.1 Å². The molecular formula is C14H21FN2O3S. The van der Waals surface area contributed by atoms with Gasteiger partial charge >= 0.3 is 0 Å². The largest absolute Gasteiger partial charge is 0.399 e. The zero-order chi connectivity index (χ0) is 16.0. The van der Waals surface area contributed by atoms with Gasteiger partial charge in [0.15, 0.2) is 9.84 Å². The van der Waals surface area contributed by atoms with Crippen LogP contribution in [0.25, 0.3) is 0 Å². The Kier molecular flexibility index (Phi) is 6.14. The highest BCUT2D eigenvalue weighted by Gasteiger charge is 2.19. The number of anilines is 2. The fourth-order valence-corrected chi connectivity index (χ4v) is 3.20. The Balaban J connectivity index is 2.50. The number of halogens is 1. The molecule has 0 aromatic heterocycles. The van der Waals surface area contributed by atoms with Gasteiger partial charge in [0.2, 0.25) is 5.91 Å². The topological polar surface area (TPSA) is 89.3 Å². The van der Waals surface area contributed by atoms with Crippen LogP contribution in [-0.4, -0.2) is 25.3 Å². The number of nitrogen functional groups attached to an aromatic ring is 1. The summed E-state index contributed by atoms with van der Waals surface area (Å²) in [6.45, 7) is 3.45. The molecule has 7 heteroatoms. The number of rotatable bonds is 7. The number of carbonyl (C=O) groups excluding carboxylic acids is 1. The van der Waals surface area contributed by atoms with Crippen LogP contribution in [0, 0.1) is 5.82 Å². The summed E-state index contributed by atoms with van der Waals surface area (Å²) in [6.07, 6.45) is 0.773. The van der Waals surface area contributed by atoms with Crippen molar-refractivity contribution in [2.75, 3.05) is 16.8 Å². The maximum Gasteiger partial charge on any atom is 0.224 e. The van der Waals surface area contributed by atoms with Crippen LogP contribution < -0.4 is 11.1 Å². The summed E-state index contributed by atoms with van der Waals surface area (Å²) in [4.78, 5) is 11.7. The van der Waals surface area contributed by atoms with Crippen LogP contribution >= 0.6 is 0 Å². The normalized spacial score (nSPS) is 12.9. The van der Waals surface area contributed by atoms with Crippen molar-refractivity contribution in [3.8, 4) is 0 Å². The number of carbonyl (C=O) groups is 1. The fourth-order valence-electron chi connectivity index (χ4n) is 1.74. The van der Waals surface area contributed by atoms with E-state index in [2.05, 4.69) is 5.32 Å². The molecule has 1 aromatic rings. The van der Waals surface area contributed by atoms with Crippen molar-refractivity contribution in [2.24, 2.45) is 0 Å². The van der Waals surface area contributed by atoms with E-state index in [0.29, 0.717) is 12.1 Å². The average molecular weight is 316 g/mol. The molecule has 0 fully saturated rings. The SMILES string of the molecule is CCC(C)S(=O)(=O)CCCC(=O)Nc1cc(N)ccc1F. The molecule has 1 rings (SSSR count). The molecule has 0 aliphatic heterocycles. The molecule has 1 unspecified atom stereocenters. The van der Waals surface area contributed by atoms with E-state index in [1.54, 1.807) is 13.8 Å². The lowest BCUT2D eigenvalue weighted by molar-refractivity contribution is -0.116. The third-order valence-electron chi connectivity index (χ3n) is 3.29. The van der Waals surface area contributed by atoms with Gasteiger partial charge in [-0.25, -0.2) is 12.8 Å². The van der Waals surface area contributed by atoms with E-state index in [1.165, 1.54) is 18.2 Å². The zero-order valence-electron chi connectivity index (χ0n) is 12.2. The number of nitrogens with one attached hydrogen (secondary N) is 1. The molecule has 0 aliphatic carbocycles. The van der Waals surface area contributed by atoms with Crippen LogP contribution in [0.15, 0.2) is 18.2 Å². The Morgan fingerprint density at radius 1 is 1.43 bits per heavy atom. The fraction of sp³-hybridized carbons (Fsp3) is 0.500. The first-order valence-electron chi connectivity index (χ1n) is 6.82. The number of hydrogen-bond acceptors (Lipinski definition) is 4. The van der Waals surface area contributed by atoms with E-state index in [9.17, 15) is 17.6 Å². The van der Waals surface area contributed by atoms with E-state index < -0.39 is 26.8 Å². The van der Waals surface area contributed by atoms with Crippen molar-refractivity contribution in [1.29, 1.82) is 0 Å². The Morgan fingerprint density at radius 2 is 2.10 bits per heavy atom. The molecule has 0 aliphatic rings. The van der Waals surface area contributed by atoms with Crippen molar-refractivity contribution >= 4 is 27.1 Å². The van der Waals surface area contributed by atoms with Gasteiger partial charge in [0.05, 0.1) is 16.7 Å². The highest BCUT2D eigenvalue weighted by Crippen LogP contribution is 2.18. The molecule has 0 heterocycles. The average Bonchev–Trinajstić information content (AvgIpc) is 2.41. The minimum absolute atomic E-state index is 0.00443. The second-order valence-electron chi connectivity index (χ2n) is 4.98. The second kappa shape index (κ2) is 7.40. The van der Waals surface area contributed by atoms with Crippen LogP contribution in [-0.2, 0) is 14.6 Å². The molecule has 1 atom stereocenters. The first kappa shape index (κ1) is 17.4. The summed E-state index contributed by atoms with van der Waals surface area (Å²) in [6, 6.07) is 3.88. The van der Waals surface area contributed by atoms with Crippen molar-refractivity contribution in [2.45, 2.75) is 38.4 Å². The Hall–Kier alpha value is -1.63. The van der Waals surface area contributed by atoms with Gasteiger partial charge in [0.25, 0.3) is 0 Å². The van der Waals surface area contributed by atoms with Crippen LogP contribution in [0.5, 0.6) is 0 Å². The highest BCUT2D eigenvalue weighted by atomic mass is 32.2. The van der Waals surface area contributed by atoms with E-state index in [-0.39, 0.29) is 24.3 Å². The number of hydrogen-bond donors (Lipinski definition) is 2. The minimum Gasteiger partial charge on any atom is -0.399 e. The van der Waals surface area contributed by atoms with Crippen LogP contribution in [0.4, 0.5) is 15.8 Å². The van der Waals surface area contributed by atoms with Crippen LogP contribution in [0.1, 0.15) is 33.1 Å². The Morgan fingerprint density at radius 3 is 2.71 bits per heavy atom. The summed E-state index contributed by atoms with van der Waals surface area (Å²) < 4.78 is 37.0. The molecule has 0 spiro atoms. The van der Waals surface area contributed by atoms with Gasteiger partial charge in [-0.2, -0.15) is 0 Å². The Bertz CT molecular complexity index is 602. The summed E-state index contributed by atoms with van der Waals surface area (Å²) in [5.74, 6) is -1.06. The van der Waals surface area contributed by atoms with Crippen LogP contribution in [0.2, 0.25) is 0 Å². The Labute approximate surface area is 124 Å². The zero-order valence-corrected chi connectivity index (χ0v) is 13.0. The van der Waals surface area contributed by atoms with Gasteiger partial charge < -0.3 is 11.1 Å². The van der Waals surface area contributed by atoms with E-state index >= 15 is 0 Å². The van der Waals surface area contributed by atoms with Gasteiger partial charge in [-0.05, 0) is 38.0 Å². The number of nitrogens with two attached hydrogens (primary N) is 1. The highest BCUT2D eigenvalue weighted by molar-refractivity contribution is 7.91. The van der Waals surface area contributed by atoms with Crippen molar-refractivity contribution in [1.82, 2.24) is 0 Å². The third-order valence-corrected chi connectivity index (χ3v) is 5.70. The predicted molar refractivity (Wildman–Crippen MR) is 82.2 cm³/mol. The lowest BCUT2D eigenvalue weighted by atomic mass is 10.2. The first-order valence-corrected chi connectivity index (χ1v) is 8.54. The molecule has 0 radical (unpaired) electrons. The molecular weight excluding hydrogens is 295 g/mol. The molecule has 0 saturated heterocycles. The number of sulfone groups is 1. The van der Waals surface area contributed by atoms with Crippen molar-refractivity contribution in [3.05, 3.63) is 24.0 Å². The maximum absolute atomic E-state index is 13.4. The summed E-state index contributed by atoms with van der Waals surface area (Å²) in [5, 5.41) is 1.98. The smallest absolute Gasteiger partial charge is 0.224 e. The molecule has 1 amide bonds. The van der Waals surface area contributed by atoms with E-state index in [4.69, 9.17) is 5.73 Å². The standard InChI is InChI=1S/C14H21FN2O3S/c1-3-10(2)21(19,20)8-4-5-14(18)17-13-9-11(16)6-7-12(13)15/h6-7,9-10H,3-5,8,16H2,1-2H3,(H,17,18). The molecule has 3 N–H and O–H groups in total. The lowest BCUT2D eigenvalue weighted by Crippen LogP contribution is -2.21. The van der Waals surface area contributed by atoms with Crippen molar-refractivity contribution in [3.63, 3.8) is 0 Å². The predicted octanol–water partition coefficient (Wildman–Crippen LogP) is 2.34. The minimum atomic E-state index is -3.17. The first-order chi connectivity index (χ1) is 9.76. The van der Waals surface area contributed by atoms with Gasteiger partial charge in [0.1, 0.15) is 5.82 Å². The van der Waals surface area contributed by atoms with E-state index in [0.717, 1.165) is 0 Å². The summed E-state index contributed by atoms with van der Waals surface area (Å²) in [5.41, 5.74) is 5.86. The maximum atomic E-state index is 13.4. The number of benzene rings is 1. The van der Waals surface area contributed by atoms with Crippen molar-refractivity contribution < 1.29 is 17.6 Å². The quantitative estimate of drug-likeness (QED) is 0.756. The lowest BCUT2D eigenvalue weighted by Gasteiger charge is -2.10. The second-order valence-corrected chi connectivity index (χ2v) is 7.52. The monoisotopic (exact) mass is 316 g/mol. The molecule has 1 aromatic carbocycles. The summed E-state index contributed by atoms with van der Waals surface area (Å²) >= 11 is 0. The molecule has 118 valence electrons. The van der Waals surface area contributed by atoms with Crippen LogP contribution in [0.3, 0.4) is 0 Å². The van der Waals surface area contributed by atoms with Gasteiger partial charge in [-0.1, -0.05) is 6.92 Å². The molecule has 21 heavy (non-hydrogen) atoms.